The second kappa shape index (κ2) is 25.9. The van der Waals surface area contributed by atoms with Crippen molar-refractivity contribution in [2.45, 2.75) is 40.5 Å². The van der Waals surface area contributed by atoms with Crippen molar-refractivity contribution in [1.82, 2.24) is 9.80 Å². The van der Waals surface area contributed by atoms with E-state index in [0.29, 0.717) is 0 Å². The van der Waals surface area contributed by atoms with Crippen LogP contribution >= 0.6 is 8.25 Å². The minimum absolute atomic E-state index is 0. The minimum atomic E-state index is -3.63. The van der Waals surface area contributed by atoms with Crippen LogP contribution in [0.5, 0.6) is 0 Å². The van der Waals surface area contributed by atoms with Crippen molar-refractivity contribution in [2.24, 2.45) is 0 Å². The number of unbranched alkanes of at least 4 members (excludes halogenated alkanes) is 1. The van der Waals surface area contributed by atoms with Crippen LogP contribution in [-0.4, -0.2) is 22.9 Å². The molecular weight excluding hydrogens is 345 g/mol. The molecule has 0 heterocycles. The average Bonchev–Trinajstić information content (AvgIpc) is 2.43. The summed E-state index contributed by atoms with van der Waals surface area (Å²) in [5.74, 6) is 0. The second-order valence-electron chi connectivity index (χ2n) is 4.36. The van der Waals surface area contributed by atoms with E-state index in [1.807, 2.05) is 0 Å². The molecule has 0 unspecified atom stereocenters. The van der Waals surface area contributed by atoms with E-state index in [-0.39, 0.29) is 59.1 Å². The van der Waals surface area contributed by atoms with Crippen LogP contribution < -0.4 is 68.9 Å². The van der Waals surface area contributed by atoms with Gasteiger partial charge in [0.25, 0.3) is 0 Å². The number of allylic oxidation sites excluding steroid dienone is 4. The monoisotopic (exact) mass is 374 g/mol. The van der Waals surface area contributed by atoms with Gasteiger partial charge in [0.2, 0.25) is 0 Å². The molecule has 128 valence electrons. The summed E-state index contributed by atoms with van der Waals surface area (Å²) in [5, 5.41) is 0. The number of hydrogen-bond acceptors (Lipinski definition) is 5. The largest absolute Gasteiger partial charge is 1.00 e. The summed E-state index contributed by atoms with van der Waals surface area (Å²) in [6, 6.07) is 0. The predicted octanol–water partition coefficient (Wildman–Crippen LogP) is -3.39. The molecule has 0 radical (unpaired) electrons. The molecule has 0 atom stereocenters. The molecule has 0 aromatic rings. The maximum atomic E-state index is 8.52. The second-order valence-corrected chi connectivity index (χ2v) is 4.86. The SMILES string of the molecule is CC=CN(C=CC)CCCCN(C=CC)C=CC.O=[PH]([O-])[O-].[Na+].[Na+]. The Hall–Kier alpha value is 0.710. The molecule has 0 aliphatic rings. The summed E-state index contributed by atoms with van der Waals surface area (Å²) in [4.78, 5) is 21.5. The van der Waals surface area contributed by atoms with Crippen LogP contribution in [0.4, 0.5) is 0 Å². The van der Waals surface area contributed by atoms with E-state index in [1.165, 1.54) is 12.8 Å². The molecule has 0 saturated carbocycles. The van der Waals surface area contributed by atoms with Gasteiger partial charge in [0.15, 0.2) is 0 Å². The van der Waals surface area contributed by atoms with Gasteiger partial charge in [-0.1, -0.05) is 32.6 Å². The Labute approximate surface area is 192 Å². The Kier molecular flexibility index (Phi) is 35.0. The van der Waals surface area contributed by atoms with Crippen molar-refractivity contribution in [3.8, 4) is 0 Å². The van der Waals surface area contributed by atoms with Crippen LogP contribution in [0.15, 0.2) is 49.1 Å². The van der Waals surface area contributed by atoms with Crippen molar-refractivity contribution in [3.05, 3.63) is 49.1 Å². The smallest absolute Gasteiger partial charge is 0.813 e. The van der Waals surface area contributed by atoms with E-state index in [1.54, 1.807) is 0 Å². The molecule has 0 aliphatic carbocycles. The molecule has 0 aromatic carbocycles. The van der Waals surface area contributed by atoms with Gasteiger partial charge in [0, 0.05) is 13.1 Å². The van der Waals surface area contributed by atoms with Crippen molar-refractivity contribution in [3.63, 3.8) is 0 Å². The van der Waals surface area contributed by atoms with E-state index in [4.69, 9.17) is 14.4 Å². The zero-order valence-electron chi connectivity index (χ0n) is 16.1. The summed E-state index contributed by atoms with van der Waals surface area (Å²) < 4.78 is 8.52. The first-order chi connectivity index (χ1) is 10.5. The Morgan fingerprint density at radius 2 is 0.917 bits per heavy atom. The quantitative estimate of drug-likeness (QED) is 0.239. The van der Waals surface area contributed by atoms with Crippen LogP contribution in [0.25, 0.3) is 0 Å². The summed E-state index contributed by atoms with van der Waals surface area (Å²) in [7, 11) is -3.63. The van der Waals surface area contributed by atoms with Crippen LogP contribution in [0, 0.1) is 0 Å². The fourth-order valence-electron chi connectivity index (χ4n) is 1.75. The molecule has 0 amide bonds. The topological polar surface area (TPSA) is 69.7 Å². The molecule has 0 fully saturated rings. The first-order valence-electron chi connectivity index (χ1n) is 7.42. The third-order valence-corrected chi connectivity index (χ3v) is 2.44. The van der Waals surface area contributed by atoms with Gasteiger partial charge in [0.05, 0.1) is 0 Å². The van der Waals surface area contributed by atoms with Crippen LogP contribution in [0.1, 0.15) is 40.5 Å². The molecule has 24 heavy (non-hydrogen) atoms. The third-order valence-electron chi connectivity index (χ3n) is 2.44. The van der Waals surface area contributed by atoms with Crippen molar-refractivity contribution in [2.75, 3.05) is 13.1 Å². The summed E-state index contributed by atoms with van der Waals surface area (Å²) in [6.07, 6.45) is 19.2. The average molecular weight is 374 g/mol. The van der Waals surface area contributed by atoms with Gasteiger partial charge in [-0.25, -0.2) is 0 Å². The van der Waals surface area contributed by atoms with Gasteiger partial charge in [-0.15, -0.1) is 0 Å². The zero-order chi connectivity index (χ0) is 17.2. The molecule has 0 bridgehead atoms. The molecule has 0 spiro atoms. The molecular formula is C16H29N2Na2O3P. The van der Waals surface area contributed by atoms with Crippen molar-refractivity contribution in [1.29, 1.82) is 0 Å². The normalized spacial score (nSPS) is 10.8. The molecule has 8 heteroatoms. The summed E-state index contributed by atoms with van der Waals surface area (Å²) >= 11 is 0. The van der Waals surface area contributed by atoms with E-state index in [2.05, 4.69) is 86.6 Å². The fourth-order valence-corrected chi connectivity index (χ4v) is 1.75. The first kappa shape index (κ1) is 32.4. The van der Waals surface area contributed by atoms with Crippen LogP contribution in [0.3, 0.4) is 0 Å². The van der Waals surface area contributed by atoms with E-state index in [9.17, 15) is 0 Å². The third kappa shape index (κ3) is 27.6. The Morgan fingerprint density at radius 1 is 0.708 bits per heavy atom. The van der Waals surface area contributed by atoms with Gasteiger partial charge in [0.1, 0.15) is 0 Å². The summed E-state index contributed by atoms with van der Waals surface area (Å²) in [6.45, 7) is 10.4. The Morgan fingerprint density at radius 3 is 1.08 bits per heavy atom. The van der Waals surface area contributed by atoms with Crippen molar-refractivity contribution >= 4 is 8.25 Å². The van der Waals surface area contributed by atoms with Gasteiger partial charge >= 0.3 is 59.1 Å². The van der Waals surface area contributed by atoms with Crippen LogP contribution in [-0.2, 0) is 4.57 Å². The Bertz CT molecular complexity index is 332. The van der Waals surface area contributed by atoms with E-state index >= 15 is 0 Å². The van der Waals surface area contributed by atoms with E-state index < -0.39 is 8.25 Å². The first-order valence-corrected chi connectivity index (χ1v) is 8.65. The zero-order valence-corrected chi connectivity index (χ0v) is 21.1. The maximum Gasteiger partial charge on any atom is 1.00 e. The fraction of sp³-hybridized carbons (Fsp3) is 0.500. The predicted molar refractivity (Wildman–Crippen MR) is 90.9 cm³/mol. The molecule has 0 aromatic heterocycles. The molecule has 0 aliphatic heterocycles. The summed E-state index contributed by atoms with van der Waals surface area (Å²) in [5.41, 5.74) is 0. The van der Waals surface area contributed by atoms with Crippen LogP contribution in [0.2, 0.25) is 0 Å². The number of nitrogens with zero attached hydrogens (tertiary/aromatic N) is 2. The van der Waals surface area contributed by atoms with Gasteiger partial charge < -0.3 is 24.2 Å². The molecule has 5 nitrogen and oxygen atoms in total. The van der Waals surface area contributed by atoms with Gasteiger partial charge in [-0.2, -0.15) is 0 Å². The number of hydrogen-bond donors (Lipinski definition) is 0. The van der Waals surface area contributed by atoms with Crippen molar-refractivity contribution < 1.29 is 73.5 Å². The molecule has 0 rings (SSSR count). The maximum absolute atomic E-state index is 8.52. The molecule has 0 N–H and O–H groups in total. The molecule has 0 saturated heterocycles. The number of rotatable bonds is 9. The Balaban J connectivity index is -0.000000298. The van der Waals surface area contributed by atoms with Gasteiger partial charge in [-0.05, 0) is 65.3 Å². The van der Waals surface area contributed by atoms with E-state index in [0.717, 1.165) is 13.1 Å². The van der Waals surface area contributed by atoms with Gasteiger partial charge in [-0.3, -0.25) is 0 Å². The standard InChI is InChI=1S/C16H28N2.2Na.H3O3P/c1-5-11-17(12-6-2)15-9-10-16-18(13-7-3)14-8-4;;;1-4(2)3/h5-8,11-14H,9-10,15-16H2,1-4H3;;;4H,(H2,1,2,3)/q;2*+1;/p-2. The minimum Gasteiger partial charge on any atom is -0.813 e.